The third-order valence-corrected chi connectivity index (χ3v) is 6.08. The monoisotopic (exact) mass is 543 g/mol. The van der Waals surface area contributed by atoms with Crippen molar-refractivity contribution in [2.45, 2.75) is 32.7 Å². The summed E-state index contributed by atoms with van der Waals surface area (Å²) in [5.74, 6) is 2.49. The normalized spacial score (nSPS) is 17.5. The summed E-state index contributed by atoms with van der Waals surface area (Å²) >= 11 is 0. The van der Waals surface area contributed by atoms with E-state index in [0.29, 0.717) is 18.4 Å². The number of nitrogens with zero attached hydrogens (tertiary/aromatic N) is 4. The van der Waals surface area contributed by atoms with Crippen molar-refractivity contribution < 1.29 is 9.53 Å². The molecule has 1 N–H and O–H groups in total. The Bertz CT molecular complexity index is 700. The van der Waals surface area contributed by atoms with E-state index in [9.17, 15) is 4.79 Å². The molecule has 3 rings (SSSR count). The molecule has 1 aromatic carbocycles. The highest BCUT2D eigenvalue weighted by Gasteiger charge is 2.31. The van der Waals surface area contributed by atoms with Crippen molar-refractivity contribution in [1.29, 1.82) is 0 Å². The standard InChI is InChI=1S/C23H37N5O2.HI/c1-4-30-21-10-8-19(9-11-21)18-26(3)23(24-2)25-12-13-27-14-16-28(17-15-27)22(29)20-6-5-7-20;/h8-11,20H,4-7,12-18H2,1-3H3,(H,24,25);1H. The fourth-order valence-electron chi connectivity index (χ4n) is 4.02. The van der Waals surface area contributed by atoms with Crippen LogP contribution < -0.4 is 10.1 Å². The molecule has 2 fully saturated rings. The largest absolute Gasteiger partial charge is 0.494 e. The minimum atomic E-state index is 0. The lowest BCUT2D eigenvalue weighted by Crippen LogP contribution is -2.52. The smallest absolute Gasteiger partial charge is 0.225 e. The fourth-order valence-corrected chi connectivity index (χ4v) is 4.02. The maximum Gasteiger partial charge on any atom is 0.225 e. The Hall–Kier alpha value is -1.55. The van der Waals surface area contributed by atoms with E-state index >= 15 is 0 Å². The molecule has 174 valence electrons. The van der Waals surface area contributed by atoms with Crippen LogP contribution in [0.3, 0.4) is 0 Å². The van der Waals surface area contributed by atoms with Crippen LogP contribution in [0.25, 0.3) is 0 Å². The first-order valence-corrected chi connectivity index (χ1v) is 11.3. The van der Waals surface area contributed by atoms with E-state index in [2.05, 4.69) is 44.2 Å². The van der Waals surface area contributed by atoms with Gasteiger partial charge in [0.2, 0.25) is 5.91 Å². The summed E-state index contributed by atoms with van der Waals surface area (Å²) in [5, 5.41) is 3.47. The Morgan fingerprint density at radius 3 is 2.42 bits per heavy atom. The zero-order valence-electron chi connectivity index (χ0n) is 19.2. The molecule has 0 bridgehead atoms. The predicted octanol–water partition coefficient (Wildman–Crippen LogP) is 2.65. The minimum Gasteiger partial charge on any atom is -0.494 e. The van der Waals surface area contributed by atoms with Crippen LogP contribution >= 0.6 is 24.0 Å². The van der Waals surface area contributed by atoms with Crippen LogP contribution in [0.2, 0.25) is 0 Å². The maximum absolute atomic E-state index is 12.4. The summed E-state index contributed by atoms with van der Waals surface area (Å²) in [6.45, 7) is 8.91. The number of ether oxygens (including phenoxy) is 1. The van der Waals surface area contributed by atoms with E-state index < -0.39 is 0 Å². The minimum absolute atomic E-state index is 0. The lowest BCUT2D eigenvalue weighted by Gasteiger charge is -2.38. The van der Waals surface area contributed by atoms with Crippen molar-refractivity contribution in [3.05, 3.63) is 29.8 Å². The van der Waals surface area contributed by atoms with Gasteiger partial charge in [0.05, 0.1) is 6.61 Å². The Morgan fingerprint density at radius 1 is 1.19 bits per heavy atom. The molecule has 0 spiro atoms. The van der Waals surface area contributed by atoms with Gasteiger partial charge in [0.1, 0.15) is 5.75 Å². The van der Waals surface area contributed by atoms with Crippen LogP contribution in [-0.2, 0) is 11.3 Å². The molecule has 7 nitrogen and oxygen atoms in total. The average molecular weight is 543 g/mol. The number of nitrogens with one attached hydrogen (secondary N) is 1. The summed E-state index contributed by atoms with van der Waals surface area (Å²) in [6.07, 6.45) is 3.40. The molecule has 1 amide bonds. The number of carbonyl (C=O) groups excluding carboxylic acids is 1. The highest BCUT2D eigenvalue weighted by molar-refractivity contribution is 14.0. The van der Waals surface area contributed by atoms with E-state index in [4.69, 9.17) is 4.74 Å². The summed E-state index contributed by atoms with van der Waals surface area (Å²) in [4.78, 5) is 23.4. The third-order valence-electron chi connectivity index (χ3n) is 6.08. The molecule has 1 aromatic rings. The van der Waals surface area contributed by atoms with Gasteiger partial charge in [0, 0.05) is 65.8 Å². The van der Waals surface area contributed by atoms with Crippen LogP contribution in [0.1, 0.15) is 31.7 Å². The molecule has 0 aromatic heterocycles. The SMILES string of the molecule is CCOc1ccc(CN(C)C(=NC)NCCN2CCN(C(=O)C3CCC3)CC2)cc1.I. The molecule has 1 aliphatic carbocycles. The van der Waals surface area contributed by atoms with Crippen LogP contribution in [0.4, 0.5) is 0 Å². The second kappa shape index (κ2) is 13.1. The van der Waals surface area contributed by atoms with Crippen LogP contribution in [0.5, 0.6) is 5.75 Å². The number of aliphatic imine (C=N–C) groups is 1. The van der Waals surface area contributed by atoms with Gasteiger partial charge >= 0.3 is 0 Å². The van der Waals surface area contributed by atoms with Crippen molar-refractivity contribution in [3.63, 3.8) is 0 Å². The molecule has 0 radical (unpaired) electrons. The number of piperazine rings is 1. The van der Waals surface area contributed by atoms with E-state index in [1.807, 2.05) is 26.1 Å². The van der Waals surface area contributed by atoms with Gasteiger partial charge < -0.3 is 19.9 Å². The molecule has 1 saturated carbocycles. The van der Waals surface area contributed by atoms with Crippen molar-refractivity contribution in [2.75, 3.05) is 60.0 Å². The summed E-state index contributed by atoms with van der Waals surface area (Å²) in [6, 6.07) is 8.22. The first-order valence-electron chi connectivity index (χ1n) is 11.3. The summed E-state index contributed by atoms with van der Waals surface area (Å²) in [7, 11) is 3.87. The second-order valence-corrected chi connectivity index (χ2v) is 8.20. The van der Waals surface area contributed by atoms with E-state index in [1.54, 1.807) is 0 Å². The molecular weight excluding hydrogens is 505 g/mol. The molecule has 0 atom stereocenters. The molecule has 31 heavy (non-hydrogen) atoms. The van der Waals surface area contributed by atoms with Gasteiger partial charge in [0.15, 0.2) is 5.96 Å². The van der Waals surface area contributed by atoms with E-state index in [-0.39, 0.29) is 24.0 Å². The molecule has 1 aliphatic heterocycles. The highest BCUT2D eigenvalue weighted by Crippen LogP contribution is 2.28. The van der Waals surface area contributed by atoms with Crippen LogP contribution in [-0.4, -0.2) is 86.5 Å². The Kier molecular flexibility index (Phi) is 10.9. The molecule has 1 saturated heterocycles. The molecule has 1 heterocycles. The summed E-state index contributed by atoms with van der Waals surface area (Å²) < 4.78 is 5.51. The number of amides is 1. The van der Waals surface area contributed by atoms with Gasteiger partial charge in [-0.2, -0.15) is 0 Å². The Labute approximate surface area is 204 Å². The van der Waals surface area contributed by atoms with Gasteiger partial charge in [-0.25, -0.2) is 0 Å². The van der Waals surface area contributed by atoms with Crippen molar-refractivity contribution in [1.82, 2.24) is 20.0 Å². The number of guanidine groups is 1. The van der Waals surface area contributed by atoms with Crippen LogP contribution in [0, 0.1) is 5.92 Å². The van der Waals surface area contributed by atoms with Crippen molar-refractivity contribution in [2.24, 2.45) is 10.9 Å². The third kappa shape index (κ3) is 7.52. The highest BCUT2D eigenvalue weighted by atomic mass is 127. The molecule has 8 heteroatoms. The van der Waals surface area contributed by atoms with E-state index in [0.717, 1.165) is 70.4 Å². The van der Waals surface area contributed by atoms with Gasteiger partial charge in [-0.3, -0.25) is 14.7 Å². The molecule has 0 unspecified atom stereocenters. The first-order chi connectivity index (χ1) is 14.6. The second-order valence-electron chi connectivity index (χ2n) is 8.20. The topological polar surface area (TPSA) is 60.4 Å². The van der Waals surface area contributed by atoms with Gasteiger partial charge in [-0.05, 0) is 37.5 Å². The predicted molar refractivity (Wildman–Crippen MR) is 136 cm³/mol. The maximum atomic E-state index is 12.4. The van der Waals surface area contributed by atoms with Crippen molar-refractivity contribution in [3.8, 4) is 5.75 Å². The molecule has 2 aliphatic rings. The van der Waals surface area contributed by atoms with Gasteiger partial charge in [-0.15, -0.1) is 24.0 Å². The number of hydrogen-bond acceptors (Lipinski definition) is 4. The number of halogens is 1. The molecular formula is C23H38IN5O2. The average Bonchev–Trinajstić information content (AvgIpc) is 2.72. The quantitative estimate of drug-likeness (QED) is 0.311. The van der Waals surface area contributed by atoms with Crippen molar-refractivity contribution >= 4 is 35.8 Å². The number of hydrogen-bond donors (Lipinski definition) is 1. The number of rotatable bonds is 8. The Balaban J connectivity index is 0.00000341. The fraction of sp³-hybridized carbons (Fsp3) is 0.652. The van der Waals surface area contributed by atoms with Gasteiger partial charge in [0.25, 0.3) is 0 Å². The Morgan fingerprint density at radius 2 is 1.87 bits per heavy atom. The lowest BCUT2D eigenvalue weighted by molar-refractivity contribution is -0.139. The zero-order chi connectivity index (χ0) is 21.3. The first kappa shape index (κ1) is 25.7. The lowest BCUT2D eigenvalue weighted by atomic mass is 9.84. The summed E-state index contributed by atoms with van der Waals surface area (Å²) in [5.41, 5.74) is 1.22. The van der Waals surface area contributed by atoms with Crippen LogP contribution in [0.15, 0.2) is 29.3 Å². The number of carbonyl (C=O) groups is 1. The van der Waals surface area contributed by atoms with Gasteiger partial charge in [-0.1, -0.05) is 18.6 Å². The van der Waals surface area contributed by atoms with E-state index in [1.165, 1.54) is 12.0 Å². The zero-order valence-corrected chi connectivity index (χ0v) is 21.5. The number of benzene rings is 1.